The summed E-state index contributed by atoms with van der Waals surface area (Å²) in [5, 5.41) is 24.1. The number of carbonyl (C=O) groups is 1. The van der Waals surface area contributed by atoms with Gasteiger partial charge in [0.05, 0.1) is 11.1 Å². The van der Waals surface area contributed by atoms with Gasteiger partial charge in [0.15, 0.2) is 16.6 Å². The van der Waals surface area contributed by atoms with Crippen LogP contribution in [0.3, 0.4) is 0 Å². The molecule has 1 aliphatic rings. The minimum Gasteiger partial charge on any atom is -0.475 e. The maximum absolute atomic E-state index is 10.6. The number of rotatable bonds is 7. The third-order valence-corrected chi connectivity index (χ3v) is 9.06. The Morgan fingerprint density at radius 1 is 0.939 bits per heavy atom. The molecule has 0 radical (unpaired) electrons. The van der Waals surface area contributed by atoms with E-state index in [0.29, 0.717) is 5.65 Å². The fraction of sp³-hybridized carbons (Fsp3) is 0.229. The fourth-order valence-corrected chi connectivity index (χ4v) is 6.32. The number of H-pyrrole nitrogens is 1. The lowest BCUT2D eigenvalue weighted by Crippen LogP contribution is -2.43. The molecule has 4 heterocycles. The van der Waals surface area contributed by atoms with E-state index in [9.17, 15) is 13.2 Å². The van der Waals surface area contributed by atoms with Gasteiger partial charge >= 0.3 is 12.1 Å². The number of aromatic nitrogens is 7. The number of piperidine rings is 1. The molecule has 0 spiro atoms. The number of nitrogens with one attached hydrogen (secondary N) is 1. The standard InChI is InChI=1S/C33H30N8S.C2HF3O2/c1-42-32-34-21-26-20-28(24-8-4-2-5-9-24)29(35-30(26)36-32)25-14-12-23(13-15-25)22-41-18-16-33(17-19-41,31-37-39-40-38-31)27-10-6-3-7-11-27;3-2(4,5)1(6)7/h2-15,20-21H,16-19,22H2,1H3,(H,37,38,39,40);(H,6,7). The van der Waals surface area contributed by atoms with Crippen molar-refractivity contribution in [2.45, 2.75) is 36.1 Å². The lowest BCUT2D eigenvalue weighted by atomic mass is 9.72. The summed E-state index contributed by atoms with van der Waals surface area (Å²) < 4.78 is 31.7. The van der Waals surface area contributed by atoms with Crippen LogP contribution < -0.4 is 0 Å². The van der Waals surface area contributed by atoms with Crippen molar-refractivity contribution in [3.63, 3.8) is 0 Å². The molecule has 1 fully saturated rings. The zero-order valence-corrected chi connectivity index (χ0v) is 27.1. The van der Waals surface area contributed by atoms with Crippen molar-refractivity contribution in [1.29, 1.82) is 0 Å². The van der Waals surface area contributed by atoms with Gasteiger partial charge in [0.2, 0.25) is 0 Å². The van der Waals surface area contributed by atoms with Gasteiger partial charge in [-0.15, -0.1) is 10.2 Å². The van der Waals surface area contributed by atoms with Gasteiger partial charge in [0.1, 0.15) is 0 Å². The summed E-state index contributed by atoms with van der Waals surface area (Å²) >= 11 is 1.52. The zero-order chi connectivity index (χ0) is 34.4. The van der Waals surface area contributed by atoms with Gasteiger partial charge in [-0.05, 0) is 54.9 Å². The third-order valence-electron chi connectivity index (χ3n) is 8.50. The first kappa shape index (κ1) is 33.7. The lowest BCUT2D eigenvalue weighted by Gasteiger charge is -2.40. The van der Waals surface area contributed by atoms with E-state index in [1.807, 2.05) is 18.5 Å². The number of likely N-dealkylation sites (tertiary alicyclic amines) is 1. The number of aromatic amines is 1. The Balaban J connectivity index is 0.000000540. The topological polar surface area (TPSA) is 134 Å². The third kappa shape index (κ3) is 7.60. The highest BCUT2D eigenvalue weighted by atomic mass is 32.2. The van der Waals surface area contributed by atoms with Crippen molar-refractivity contribution in [3.8, 4) is 22.4 Å². The number of tetrazole rings is 1. The second-order valence-corrected chi connectivity index (χ2v) is 12.3. The van der Waals surface area contributed by atoms with Gasteiger partial charge in [-0.1, -0.05) is 102 Å². The van der Waals surface area contributed by atoms with Crippen LogP contribution in [-0.4, -0.2) is 77.1 Å². The molecular formula is C35H31F3N8O2S. The molecule has 6 aromatic rings. The first-order valence-electron chi connectivity index (χ1n) is 15.3. The summed E-state index contributed by atoms with van der Waals surface area (Å²) in [5.41, 5.74) is 7.22. The van der Waals surface area contributed by atoms with Crippen LogP contribution in [0.1, 0.15) is 29.8 Å². The Morgan fingerprint density at radius 2 is 1.59 bits per heavy atom. The van der Waals surface area contributed by atoms with E-state index >= 15 is 0 Å². The number of carboxylic acid groups (broad SMARTS) is 1. The molecule has 0 amide bonds. The van der Waals surface area contributed by atoms with E-state index in [1.54, 1.807) is 0 Å². The van der Waals surface area contributed by atoms with Crippen LogP contribution in [0, 0.1) is 0 Å². The zero-order valence-electron chi connectivity index (χ0n) is 26.3. The summed E-state index contributed by atoms with van der Waals surface area (Å²) in [6, 6.07) is 32.0. The summed E-state index contributed by atoms with van der Waals surface area (Å²) in [6.07, 6.45) is 0.643. The molecule has 14 heteroatoms. The molecule has 2 N–H and O–H groups in total. The number of nitrogens with zero attached hydrogens (tertiary/aromatic N) is 7. The Morgan fingerprint density at radius 3 is 2.18 bits per heavy atom. The second-order valence-electron chi connectivity index (χ2n) is 11.5. The van der Waals surface area contributed by atoms with Crippen molar-refractivity contribution in [3.05, 3.63) is 114 Å². The Kier molecular flexibility index (Phi) is 9.97. The summed E-state index contributed by atoms with van der Waals surface area (Å²) in [5.74, 6) is -1.97. The van der Waals surface area contributed by atoms with Crippen LogP contribution >= 0.6 is 11.8 Å². The highest BCUT2D eigenvalue weighted by molar-refractivity contribution is 7.98. The predicted octanol–water partition coefficient (Wildman–Crippen LogP) is 6.81. The highest BCUT2D eigenvalue weighted by Crippen LogP contribution is 2.40. The van der Waals surface area contributed by atoms with Gasteiger partial charge < -0.3 is 5.11 Å². The number of carboxylic acids is 1. The van der Waals surface area contributed by atoms with Gasteiger partial charge in [-0.25, -0.2) is 19.7 Å². The number of benzene rings is 3. The molecule has 1 saturated heterocycles. The summed E-state index contributed by atoms with van der Waals surface area (Å²) in [7, 11) is 0. The van der Waals surface area contributed by atoms with E-state index in [0.717, 1.165) is 71.2 Å². The molecule has 3 aromatic carbocycles. The second kappa shape index (κ2) is 14.5. The number of halogens is 3. The van der Waals surface area contributed by atoms with E-state index in [-0.39, 0.29) is 5.41 Å². The Labute approximate surface area is 283 Å². The number of hydrogen-bond donors (Lipinski definition) is 2. The van der Waals surface area contributed by atoms with Gasteiger partial charge in [-0.2, -0.15) is 18.4 Å². The van der Waals surface area contributed by atoms with E-state index in [2.05, 4.69) is 120 Å². The number of thioether (sulfide) groups is 1. The fourth-order valence-electron chi connectivity index (χ4n) is 5.99. The number of fused-ring (bicyclic) bond motifs is 1. The summed E-state index contributed by atoms with van der Waals surface area (Å²) in [6.45, 7) is 2.79. The normalized spacial score (nSPS) is 14.6. The Bertz CT molecular complexity index is 2010. The molecule has 3 aromatic heterocycles. The van der Waals surface area contributed by atoms with Crippen molar-refractivity contribution in [2.24, 2.45) is 0 Å². The van der Waals surface area contributed by atoms with Crippen LogP contribution in [0.15, 0.2) is 102 Å². The Hall–Kier alpha value is -5.21. The maximum atomic E-state index is 10.6. The average Bonchev–Trinajstić information content (AvgIpc) is 3.68. The van der Waals surface area contributed by atoms with Crippen LogP contribution in [-0.2, 0) is 16.8 Å². The minimum absolute atomic E-state index is 0.218. The summed E-state index contributed by atoms with van der Waals surface area (Å²) in [4.78, 5) is 25.6. The number of alkyl halides is 3. The van der Waals surface area contributed by atoms with Gasteiger partial charge in [-0.3, -0.25) is 4.90 Å². The van der Waals surface area contributed by atoms with Crippen molar-refractivity contribution >= 4 is 28.8 Å². The molecule has 7 rings (SSSR count). The number of pyridine rings is 1. The molecule has 0 atom stereocenters. The molecule has 1 aliphatic heterocycles. The van der Waals surface area contributed by atoms with E-state index in [1.165, 1.54) is 22.9 Å². The quantitative estimate of drug-likeness (QED) is 0.137. The van der Waals surface area contributed by atoms with Crippen LogP contribution in [0.25, 0.3) is 33.4 Å². The molecule has 0 bridgehead atoms. The highest BCUT2D eigenvalue weighted by Gasteiger charge is 2.41. The largest absolute Gasteiger partial charge is 0.490 e. The molecule has 250 valence electrons. The van der Waals surface area contributed by atoms with Gasteiger partial charge in [0, 0.05) is 29.3 Å². The van der Waals surface area contributed by atoms with Gasteiger partial charge in [0.25, 0.3) is 0 Å². The molecule has 0 saturated carbocycles. The van der Waals surface area contributed by atoms with Crippen LogP contribution in [0.4, 0.5) is 13.2 Å². The predicted molar refractivity (Wildman–Crippen MR) is 180 cm³/mol. The van der Waals surface area contributed by atoms with Crippen molar-refractivity contribution in [2.75, 3.05) is 19.3 Å². The first-order chi connectivity index (χ1) is 23.7. The minimum atomic E-state index is -5.08. The van der Waals surface area contributed by atoms with Crippen molar-refractivity contribution in [1.82, 2.24) is 40.5 Å². The van der Waals surface area contributed by atoms with E-state index < -0.39 is 12.1 Å². The van der Waals surface area contributed by atoms with Crippen molar-refractivity contribution < 1.29 is 23.1 Å². The molecule has 0 unspecified atom stereocenters. The van der Waals surface area contributed by atoms with Crippen LogP contribution in [0.2, 0.25) is 0 Å². The SMILES string of the molecule is CSc1ncc2cc(-c3ccccc3)c(-c3ccc(CN4CCC(c5ccccc5)(c5nn[nH]n5)CC4)cc3)nc2n1.O=C(O)C(F)(F)F. The average molecular weight is 685 g/mol. The van der Waals surface area contributed by atoms with E-state index in [4.69, 9.17) is 14.9 Å². The molecule has 0 aliphatic carbocycles. The molecule has 10 nitrogen and oxygen atoms in total. The number of aliphatic carboxylic acids is 1. The number of hydrogen-bond acceptors (Lipinski definition) is 9. The first-order valence-corrected chi connectivity index (χ1v) is 16.6. The molecular weight excluding hydrogens is 654 g/mol. The smallest absolute Gasteiger partial charge is 0.475 e. The lowest BCUT2D eigenvalue weighted by molar-refractivity contribution is -0.192. The molecule has 49 heavy (non-hydrogen) atoms. The monoisotopic (exact) mass is 684 g/mol. The maximum Gasteiger partial charge on any atom is 0.490 e. The van der Waals surface area contributed by atoms with Crippen LogP contribution in [0.5, 0.6) is 0 Å².